The summed E-state index contributed by atoms with van der Waals surface area (Å²) in [6.45, 7) is 3.75. The number of fused-ring (bicyclic) bond motifs is 1. The van der Waals surface area contributed by atoms with E-state index in [4.69, 9.17) is 11.6 Å². The van der Waals surface area contributed by atoms with Crippen molar-refractivity contribution in [2.45, 2.75) is 19.2 Å². The Labute approximate surface area is 78.2 Å². The first-order valence-electron chi connectivity index (χ1n) is 3.51. The summed E-state index contributed by atoms with van der Waals surface area (Å²) in [5.41, 5.74) is 0. The number of hydrogen-bond donors (Lipinski definition) is 0. The van der Waals surface area contributed by atoms with Gasteiger partial charge in [0.1, 0.15) is 5.01 Å². The standard InChI is InChI=1S/C6H7ClN4S/c1-3(7)5-10-11-4(2)8-9-6(11)12-5/h3H,1-2H3. The summed E-state index contributed by atoms with van der Waals surface area (Å²) in [5.74, 6) is 0.796. The minimum Gasteiger partial charge on any atom is -0.187 e. The van der Waals surface area contributed by atoms with Crippen molar-refractivity contribution in [2.75, 3.05) is 0 Å². The van der Waals surface area contributed by atoms with E-state index in [1.807, 2.05) is 13.8 Å². The van der Waals surface area contributed by atoms with Gasteiger partial charge in [-0.1, -0.05) is 11.3 Å². The molecule has 0 bridgehead atoms. The fourth-order valence-electron chi connectivity index (χ4n) is 0.890. The summed E-state index contributed by atoms with van der Waals surface area (Å²) in [4.78, 5) is 0.801. The Kier molecular flexibility index (Phi) is 1.77. The molecule has 0 fully saturated rings. The van der Waals surface area contributed by atoms with Gasteiger partial charge in [-0.05, 0) is 13.8 Å². The second kappa shape index (κ2) is 2.67. The fourth-order valence-corrected chi connectivity index (χ4v) is 1.88. The first-order chi connectivity index (χ1) is 5.68. The molecule has 0 N–H and O–H groups in total. The average molecular weight is 203 g/mol. The second-order valence-corrected chi connectivity index (χ2v) is 4.14. The molecule has 12 heavy (non-hydrogen) atoms. The molecule has 0 aromatic carbocycles. The highest BCUT2D eigenvalue weighted by molar-refractivity contribution is 7.16. The number of aromatic nitrogens is 4. The van der Waals surface area contributed by atoms with Gasteiger partial charge in [0.2, 0.25) is 4.96 Å². The Morgan fingerprint density at radius 2 is 2.25 bits per heavy atom. The van der Waals surface area contributed by atoms with E-state index in [9.17, 15) is 0 Å². The molecule has 6 heteroatoms. The van der Waals surface area contributed by atoms with Crippen LogP contribution in [0.4, 0.5) is 0 Å². The number of aryl methyl sites for hydroxylation is 1. The SMILES string of the molecule is Cc1nnc2sc(C(C)Cl)nn12. The van der Waals surface area contributed by atoms with E-state index in [-0.39, 0.29) is 5.38 Å². The zero-order chi connectivity index (χ0) is 8.72. The third-order valence-corrected chi connectivity index (χ3v) is 2.92. The van der Waals surface area contributed by atoms with E-state index >= 15 is 0 Å². The maximum Gasteiger partial charge on any atom is 0.234 e. The van der Waals surface area contributed by atoms with Crippen molar-refractivity contribution in [2.24, 2.45) is 0 Å². The van der Waals surface area contributed by atoms with Gasteiger partial charge in [0, 0.05) is 0 Å². The van der Waals surface area contributed by atoms with Crippen LogP contribution in [0.3, 0.4) is 0 Å². The monoisotopic (exact) mass is 202 g/mol. The van der Waals surface area contributed by atoms with E-state index in [2.05, 4.69) is 15.3 Å². The lowest BCUT2D eigenvalue weighted by Crippen LogP contribution is -1.90. The first kappa shape index (κ1) is 7.94. The predicted octanol–water partition coefficient (Wildman–Crippen LogP) is 1.79. The van der Waals surface area contributed by atoms with E-state index in [0.29, 0.717) is 0 Å². The molecular weight excluding hydrogens is 196 g/mol. The highest BCUT2D eigenvalue weighted by Crippen LogP contribution is 2.24. The van der Waals surface area contributed by atoms with E-state index in [1.165, 1.54) is 11.3 Å². The molecular formula is C6H7ClN4S. The largest absolute Gasteiger partial charge is 0.234 e. The van der Waals surface area contributed by atoms with Crippen molar-refractivity contribution in [3.05, 3.63) is 10.8 Å². The Hall–Kier alpha value is -0.680. The van der Waals surface area contributed by atoms with Crippen LogP contribution in [0.5, 0.6) is 0 Å². The fraction of sp³-hybridized carbons (Fsp3) is 0.500. The van der Waals surface area contributed by atoms with Gasteiger partial charge in [-0.3, -0.25) is 0 Å². The van der Waals surface area contributed by atoms with Crippen molar-refractivity contribution in [1.82, 2.24) is 19.8 Å². The van der Waals surface area contributed by atoms with Crippen molar-refractivity contribution in [1.29, 1.82) is 0 Å². The normalized spacial score (nSPS) is 13.9. The number of alkyl halides is 1. The summed E-state index contributed by atoms with van der Waals surface area (Å²) in [5, 5.41) is 12.9. The van der Waals surface area contributed by atoms with Crippen LogP contribution in [0.2, 0.25) is 0 Å². The maximum atomic E-state index is 5.87. The van der Waals surface area contributed by atoms with Crippen molar-refractivity contribution in [3.8, 4) is 0 Å². The van der Waals surface area contributed by atoms with Crippen LogP contribution in [-0.2, 0) is 0 Å². The van der Waals surface area contributed by atoms with Gasteiger partial charge < -0.3 is 0 Å². The third kappa shape index (κ3) is 1.09. The smallest absolute Gasteiger partial charge is 0.187 e. The van der Waals surface area contributed by atoms with Crippen LogP contribution in [0.25, 0.3) is 4.96 Å². The zero-order valence-electron chi connectivity index (χ0n) is 6.65. The number of hydrogen-bond acceptors (Lipinski definition) is 4. The molecule has 0 aliphatic rings. The molecule has 0 amide bonds. The Morgan fingerprint density at radius 3 is 2.83 bits per heavy atom. The molecule has 0 radical (unpaired) electrons. The Balaban J connectivity index is 2.63. The zero-order valence-corrected chi connectivity index (χ0v) is 8.22. The number of halogens is 1. The first-order valence-corrected chi connectivity index (χ1v) is 4.76. The van der Waals surface area contributed by atoms with Gasteiger partial charge in [0.15, 0.2) is 5.82 Å². The van der Waals surface area contributed by atoms with E-state index in [0.717, 1.165) is 15.8 Å². The summed E-state index contributed by atoms with van der Waals surface area (Å²) in [7, 11) is 0. The number of nitrogens with zero attached hydrogens (tertiary/aromatic N) is 4. The molecule has 0 spiro atoms. The molecule has 0 saturated heterocycles. The minimum absolute atomic E-state index is 0.0592. The molecule has 0 aliphatic carbocycles. The topological polar surface area (TPSA) is 43.1 Å². The molecule has 0 aliphatic heterocycles. The highest BCUT2D eigenvalue weighted by atomic mass is 35.5. The molecule has 2 aromatic heterocycles. The lowest BCUT2D eigenvalue weighted by atomic mass is 10.5. The lowest BCUT2D eigenvalue weighted by Gasteiger charge is -1.91. The van der Waals surface area contributed by atoms with Crippen LogP contribution in [0.1, 0.15) is 23.1 Å². The quantitative estimate of drug-likeness (QED) is 0.663. The summed E-state index contributed by atoms with van der Waals surface area (Å²) in [6, 6.07) is 0. The van der Waals surface area contributed by atoms with Crippen LogP contribution < -0.4 is 0 Å². The van der Waals surface area contributed by atoms with Gasteiger partial charge in [0.25, 0.3) is 0 Å². The van der Waals surface area contributed by atoms with Crippen molar-refractivity contribution in [3.63, 3.8) is 0 Å². The van der Waals surface area contributed by atoms with Crippen molar-refractivity contribution < 1.29 is 0 Å². The molecule has 2 aromatic rings. The molecule has 0 saturated carbocycles. The highest BCUT2D eigenvalue weighted by Gasteiger charge is 2.11. The van der Waals surface area contributed by atoms with E-state index in [1.54, 1.807) is 4.52 Å². The van der Waals surface area contributed by atoms with Crippen molar-refractivity contribution >= 4 is 27.9 Å². The van der Waals surface area contributed by atoms with E-state index < -0.39 is 0 Å². The Morgan fingerprint density at radius 1 is 1.50 bits per heavy atom. The minimum atomic E-state index is -0.0592. The number of rotatable bonds is 1. The Bertz CT molecular complexity index is 405. The molecule has 1 unspecified atom stereocenters. The summed E-state index contributed by atoms with van der Waals surface area (Å²) >= 11 is 7.34. The maximum absolute atomic E-state index is 5.87. The van der Waals surface area contributed by atoms with Crippen LogP contribution in [0.15, 0.2) is 0 Å². The van der Waals surface area contributed by atoms with Crippen LogP contribution >= 0.6 is 22.9 Å². The molecule has 2 heterocycles. The predicted molar refractivity (Wildman–Crippen MR) is 47.7 cm³/mol. The molecule has 2 rings (SSSR count). The summed E-state index contributed by atoms with van der Waals surface area (Å²) in [6.07, 6.45) is 0. The van der Waals surface area contributed by atoms with Gasteiger partial charge in [-0.25, -0.2) is 0 Å². The van der Waals surface area contributed by atoms with Crippen LogP contribution in [0, 0.1) is 6.92 Å². The second-order valence-electron chi connectivity index (χ2n) is 2.50. The van der Waals surface area contributed by atoms with Crippen LogP contribution in [-0.4, -0.2) is 19.8 Å². The lowest BCUT2D eigenvalue weighted by molar-refractivity contribution is 0.850. The average Bonchev–Trinajstić information content (AvgIpc) is 2.53. The summed E-state index contributed by atoms with van der Waals surface area (Å²) < 4.78 is 1.71. The molecule has 64 valence electrons. The van der Waals surface area contributed by atoms with Gasteiger partial charge in [0.05, 0.1) is 5.38 Å². The van der Waals surface area contributed by atoms with Gasteiger partial charge >= 0.3 is 0 Å². The van der Waals surface area contributed by atoms with Gasteiger partial charge in [-0.2, -0.15) is 9.61 Å². The molecule has 4 nitrogen and oxygen atoms in total. The third-order valence-electron chi connectivity index (χ3n) is 1.50. The molecule has 1 atom stereocenters. The van der Waals surface area contributed by atoms with Gasteiger partial charge in [-0.15, -0.1) is 21.8 Å².